The van der Waals surface area contributed by atoms with Crippen LogP contribution >= 0.6 is 0 Å². The second kappa shape index (κ2) is 7.31. The molecule has 0 aliphatic heterocycles. The maximum atomic E-state index is 2.48. The molecule has 112 valence electrons. The monoisotopic (exact) mass is 281 g/mol. The smallest absolute Gasteiger partial charge is 0.0429 e. The number of hydrogen-bond acceptors (Lipinski definition) is 1. The van der Waals surface area contributed by atoms with Crippen LogP contribution in [0.1, 0.15) is 37.5 Å². The van der Waals surface area contributed by atoms with Gasteiger partial charge in [-0.1, -0.05) is 62.7 Å². The molecule has 0 radical (unpaired) electrons. The Balaban J connectivity index is 2.18. The van der Waals surface area contributed by atoms with E-state index in [1.54, 1.807) is 0 Å². The summed E-state index contributed by atoms with van der Waals surface area (Å²) in [6.45, 7) is 11.0. The van der Waals surface area contributed by atoms with Crippen LogP contribution in [0.2, 0.25) is 0 Å². The maximum Gasteiger partial charge on any atom is 0.0429 e. The molecular weight excluding hydrogens is 254 g/mol. The van der Waals surface area contributed by atoms with Gasteiger partial charge in [0.2, 0.25) is 0 Å². The molecule has 1 nitrogen and oxygen atoms in total. The Morgan fingerprint density at radius 1 is 0.857 bits per heavy atom. The van der Waals surface area contributed by atoms with Gasteiger partial charge in [0.05, 0.1) is 0 Å². The Labute approximate surface area is 129 Å². The summed E-state index contributed by atoms with van der Waals surface area (Å²) in [6, 6.07) is 17.9. The molecule has 1 heteroatoms. The molecule has 21 heavy (non-hydrogen) atoms. The molecule has 0 aromatic heterocycles. The largest absolute Gasteiger partial charge is 0.367 e. The molecule has 0 aliphatic carbocycles. The van der Waals surface area contributed by atoms with Crippen molar-refractivity contribution in [2.75, 3.05) is 11.4 Å². The van der Waals surface area contributed by atoms with Gasteiger partial charge in [0, 0.05) is 18.8 Å². The second-order valence-corrected chi connectivity index (χ2v) is 6.28. The van der Waals surface area contributed by atoms with E-state index in [1.165, 1.54) is 22.4 Å². The first kappa shape index (κ1) is 15.6. The van der Waals surface area contributed by atoms with Crippen LogP contribution < -0.4 is 4.90 Å². The van der Waals surface area contributed by atoms with Gasteiger partial charge in [-0.05, 0) is 42.5 Å². The van der Waals surface area contributed by atoms with Crippen molar-refractivity contribution in [3.8, 4) is 0 Å². The summed E-state index contributed by atoms with van der Waals surface area (Å²) in [4.78, 5) is 2.48. The van der Waals surface area contributed by atoms with E-state index in [9.17, 15) is 0 Å². The van der Waals surface area contributed by atoms with E-state index in [2.05, 4.69) is 81.1 Å². The highest BCUT2D eigenvalue weighted by molar-refractivity contribution is 5.48. The number of hydrogen-bond donors (Lipinski definition) is 0. The van der Waals surface area contributed by atoms with Crippen molar-refractivity contribution in [1.29, 1.82) is 0 Å². The summed E-state index contributed by atoms with van der Waals surface area (Å²) < 4.78 is 0. The van der Waals surface area contributed by atoms with Crippen LogP contribution in [0.5, 0.6) is 0 Å². The molecule has 0 saturated carbocycles. The standard InChI is InChI=1S/C20H27N/c1-5-18-10-12-20(13-11-18)21(14-16(2)3)15-19-8-6-17(4)7-9-19/h6-13,16H,5,14-15H2,1-4H3. The van der Waals surface area contributed by atoms with Gasteiger partial charge in [-0.15, -0.1) is 0 Å². The average molecular weight is 281 g/mol. The minimum Gasteiger partial charge on any atom is -0.367 e. The number of aryl methyl sites for hydroxylation is 2. The summed E-state index contributed by atoms with van der Waals surface area (Å²) in [7, 11) is 0. The van der Waals surface area contributed by atoms with E-state index < -0.39 is 0 Å². The first-order valence-corrected chi connectivity index (χ1v) is 7.98. The van der Waals surface area contributed by atoms with Gasteiger partial charge >= 0.3 is 0 Å². The van der Waals surface area contributed by atoms with Gasteiger partial charge in [0.1, 0.15) is 0 Å². The van der Waals surface area contributed by atoms with Crippen molar-refractivity contribution >= 4 is 5.69 Å². The molecule has 0 spiro atoms. The van der Waals surface area contributed by atoms with E-state index >= 15 is 0 Å². The second-order valence-electron chi connectivity index (χ2n) is 6.28. The van der Waals surface area contributed by atoms with Crippen LogP contribution in [0.15, 0.2) is 48.5 Å². The van der Waals surface area contributed by atoms with Crippen LogP contribution in [0.4, 0.5) is 5.69 Å². The van der Waals surface area contributed by atoms with Gasteiger partial charge in [-0.2, -0.15) is 0 Å². The normalized spacial score (nSPS) is 10.9. The van der Waals surface area contributed by atoms with Crippen molar-refractivity contribution in [2.45, 2.75) is 40.7 Å². The van der Waals surface area contributed by atoms with Crippen LogP contribution in [-0.4, -0.2) is 6.54 Å². The lowest BCUT2D eigenvalue weighted by Crippen LogP contribution is -2.27. The van der Waals surface area contributed by atoms with Gasteiger partial charge in [-0.25, -0.2) is 0 Å². The Bertz CT molecular complexity index is 537. The fourth-order valence-electron chi connectivity index (χ4n) is 2.56. The third kappa shape index (κ3) is 4.63. The van der Waals surface area contributed by atoms with Crippen molar-refractivity contribution < 1.29 is 0 Å². The average Bonchev–Trinajstić information content (AvgIpc) is 2.48. The van der Waals surface area contributed by atoms with Gasteiger partial charge in [0.15, 0.2) is 0 Å². The van der Waals surface area contributed by atoms with Crippen LogP contribution in [0, 0.1) is 12.8 Å². The molecule has 2 aromatic rings. The number of benzene rings is 2. The molecule has 0 saturated heterocycles. The number of anilines is 1. The lowest BCUT2D eigenvalue weighted by atomic mass is 10.1. The number of nitrogens with zero attached hydrogens (tertiary/aromatic N) is 1. The predicted molar refractivity (Wildman–Crippen MR) is 92.9 cm³/mol. The molecule has 2 rings (SSSR count). The lowest BCUT2D eigenvalue weighted by Gasteiger charge is -2.27. The molecule has 0 fully saturated rings. The van der Waals surface area contributed by atoms with E-state index in [4.69, 9.17) is 0 Å². The van der Waals surface area contributed by atoms with Crippen LogP contribution in [-0.2, 0) is 13.0 Å². The van der Waals surface area contributed by atoms with E-state index in [0.717, 1.165) is 19.5 Å². The quantitative estimate of drug-likeness (QED) is 0.701. The van der Waals surface area contributed by atoms with Crippen LogP contribution in [0.25, 0.3) is 0 Å². The minimum atomic E-state index is 0.654. The molecule has 2 aromatic carbocycles. The summed E-state index contributed by atoms with van der Waals surface area (Å²) in [5.41, 5.74) is 5.42. The number of rotatable bonds is 6. The summed E-state index contributed by atoms with van der Waals surface area (Å²) in [5, 5.41) is 0. The first-order valence-electron chi connectivity index (χ1n) is 7.98. The van der Waals surface area contributed by atoms with Gasteiger partial charge in [-0.3, -0.25) is 0 Å². The third-order valence-electron chi connectivity index (χ3n) is 3.79. The molecule has 0 bridgehead atoms. The van der Waals surface area contributed by atoms with Crippen molar-refractivity contribution in [3.63, 3.8) is 0 Å². The van der Waals surface area contributed by atoms with E-state index in [0.29, 0.717) is 5.92 Å². The molecule has 0 aliphatic rings. The highest BCUT2D eigenvalue weighted by atomic mass is 15.1. The molecule has 0 unspecified atom stereocenters. The maximum absolute atomic E-state index is 2.48. The Hall–Kier alpha value is -1.76. The fourth-order valence-corrected chi connectivity index (χ4v) is 2.56. The van der Waals surface area contributed by atoms with Crippen LogP contribution in [0.3, 0.4) is 0 Å². The summed E-state index contributed by atoms with van der Waals surface area (Å²) in [5.74, 6) is 0.654. The van der Waals surface area contributed by atoms with E-state index in [-0.39, 0.29) is 0 Å². The molecule has 0 heterocycles. The summed E-state index contributed by atoms with van der Waals surface area (Å²) in [6.07, 6.45) is 1.10. The van der Waals surface area contributed by atoms with Crippen molar-refractivity contribution in [1.82, 2.24) is 0 Å². The Morgan fingerprint density at radius 3 is 1.95 bits per heavy atom. The zero-order chi connectivity index (χ0) is 15.2. The topological polar surface area (TPSA) is 3.24 Å². The van der Waals surface area contributed by atoms with E-state index in [1.807, 2.05) is 0 Å². The Morgan fingerprint density at radius 2 is 1.43 bits per heavy atom. The predicted octanol–water partition coefficient (Wildman–Crippen LogP) is 5.22. The summed E-state index contributed by atoms with van der Waals surface area (Å²) >= 11 is 0. The fraction of sp³-hybridized carbons (Fsp3) is 0.400. The molecule has 0 amide bonds. The molecule has 0 N–H and O–H groups in total. The van der Waals surface area contributed by atoms with Crippen molar-refractivity contribution in [3.05, 3.63) is 65.2 Å². The van der Waals surface area contributed by atoms with Gasteiger partial charge < -0.3 is 4.90 Å². The lowest BCUT2D eigenvalue weighted by molar-refractivity contribution is 0.609. The first-order chi connectivity index (χ1) is 10.1. The highest BCUT2D eigenvalue weighted by Gasteiger charge is 2.09. The zero-order valence-electron chi connectivity index (χ0n) is 13.8. The Kier molecular flexibility index (Phi) is 5.44. The molecular formula is C20H27N. The minimum absolute atomic E-state index is 0.654. The van der Waals surface area contributed by atoms with Gasteiger partial charge in [0.25, 0.3) is 0 Å². The zero-order valence-corrected chi connectivity index (χ0v) is 13.8. The third-order valence-corrected chi connectivity index (χ3v) is 3.79. The SMILES string of the molecule is CCc1ccc(N(Cc2ccc(C)cc2)CC(C)C)cc1. The molecule has 0 atom stereocenters. The highest BCUT2D eigenvalue weighted by Crippen LogP contribution is 2.20. The van der Waals surface area contributed by atoms with Crippen molar-refractivity contribution in [2.24, 2.45) is 5.92 Å².